The molecule has 0 radical (unpaired) electrons. The van der Waals surface area contributed by atoms with Gasteiger partial charge in [-0.15, -0.1) is 0 Å². The quantitative estimate of drug-likeness (QED) is 0.0469. The molecule has 4 aliphatic heterocycles. The van der Waals surface area contributed by atoms with Crippen molar-refractivity contribution in [3.8, 4) is 23.0 Å². The molecule has 9 N–H and O–H groups in total. The first-order chi connectivity index (χ1) is 45.5. The van der Waals surface area contributed by atoms with Gasteiger partial charge in [0.25, 0.3) is 0 Å². The molecule has 4 aromatic carbocycles. The maximum atomic E-state index is 17.8. The predicted octanol–water partition coefficient (Wildman–Crippen LogP) is 2.76. The molecule has 0 aromatic heterocycles. The molecule has 0 amide bonds. The molecule has 0 bridgehead atoms. The lowest BCUT2D eigenvalue weighted by Gasteiger charge is -2.59. The molecule has 518 valence electrons. The Kier molecular flexibility index (Phi) is 18.4. The summed E-state index contributed by atoms with van der Waals surface area (Å²) in [6, 6.07) is 2.48. The van der Waals surface area contributed by atoms with Crippen molar-refractivity contribution in [1.29, 1.82) is 0 Å². The van der Waals surface area contributed by atoms with Gasteiger partial charge in [0.15, 0.2) is 53.4 Å². The maximum absolute atomic E-state index is 17.8. The molecule has 96 heavy (non-hydrogen) atoms. The highest BCUT2D eigenvalue weighted by Crippen LogP contribution is 2.64. The van der Waals surface area contributed by atoms with Gasteiger partial charge in [-0.2, -0.15) is 4.79 Å². The van der Waals surface area contributed by atoms with Crippen LogP contribution in [0.1, 0.15) is 123 Å². The molecule has 22 atom stereocenters. The summed E-state index contributed by atoms with van der Waals surface area (Å²) in [5.74, 6) is -12.0. The molecule has 4 aliphatic carbocycles. The number of hydrogen-bond donors (Lipinski definition) is 9. The fourth-order valence-corrected chi connectivity index (χ4v) is 17.0. The zero-order valence-electron chi connectivity index (χ0n) is 55.1. The number of ether oxygens (including phenoxy) is 10. The molecule has 12 rings (SSSR count). The minimum atomic E-state index is -2.56. The van der Waals surface area contributed by atoms with E-state index in [1.165, 1.54) is 27.2 Å². The Hall–Kier alpha value is -6.77. The average molecular weight is 1340 g/mol. The number of phenolic OH excluding ortho intramolecular Hbond substituents is 4. The van der Waals surface area contributed by atoms with Crippen LogP contribution in [-0.4, -0.2) is 236 Å². The highest BCUT2D eigenvalue weighted by Gasteiger charge is 2.71. The summed E-state index contributed by atoms with van der Waals surface area (Å²) < 4.78 is 67.8. The third-order valence-electron chi connectivity index (χ3n) is 21.4. The monoisotopic (exact) mass is 1340 g/mol. The van der Waals surface area contributed by atoms with Crippen LogP contribution in [0.15, 0.2) is 68.0 Å². The lowest BCUT2D eigenvalue weighted by atomic mass is 9.55. The van der Waals surface area contributed by atoms with Crippen LogP contribution in [0.4, 0.5) is 0 Å². The zero-order valence-corrected chi connectivity index (χ0v) is 55.1. The average Bonchev–Trinajstić information content (AvgIpc) is 1.39. The molecule has 28 nitrogen and oxygen atoms in total. The molecule has 0 spiro atoms. The number of carbonyl (C=O) groups excluding carboxylic acids is 3. The number of nitrogens with zero attached hydrogens (tertiary/aromatic N) is 4. The summed E-state index contributed by atoms with van der Waals surface area (Å²) in [6.45, 7) is 9.63. The van der Waals surface area contributed by atoms with Crippen LogP contribution in [0.3, 0.4) is 0 Å². The number of ketones is 3. The number of allylic oxidation sites excluding steroid dienone is 3. The Morgan fingerprint density at radius 3 is 1.46 bits per heavy atom. The lowest BCUT2D eigenvalue weighted by molar-refractivity contribution is -0.351. The van der Waals surface area contributed by atoms with Crippen molar-refractivity contribution in [1.82, 2.24) is 9.80 Å². The second-order valence-corrected chi connectivity index (χ2v) is 27.0. The van der Waals surface area contributed by atoms with E-state index in [0.717, 1.165) is 24.3 Å². The smallest absolute Gasteiger partial charge is 0.333 e. The van der Waals surface area contributed by atoms with E-state index in [1.807, 2.05) is 0 Å². The largest absolute Gasteiger partial charge is 0.511 e. The van der Waals surface area contributed by atoms with Crippen LogP contribution in [-0.2, 0) is 47.4 Å². The van der Waals surface area contributed by atoms with Gasteiger partial charge < -0.3 is 109 Å². The Bertz CT molecular complexity index is 4110. The SMILES string of the molecule is CC[C@@]1(O[C@H]2CC(OC)C(O)[C@@H](C)O2)[C@H](O[C@@H]2C[C@@H](O)[C@@H](N(C)C)C(C)O2)C2=CC3=C(C(=O)c4c(O)ccc(O)c4C3=O)C2=C(O)[C@@H]1[C@H]1C(=O)c2c(c(=[N+]=[N-])c3c(O)c4c(=O)ccc(=O)c4c(O)c23)[C@@H](O[C@@H]2CC(O)[C@@H](N(C)C)[C@H](C)O2)[C@@]1(CC)O[C@H]1C[C@@H](OC)[C@@H](O)C(C)O1. The topological polar surface area (TPSA) is 403 Å². The first-order valence-corrected chi connectivity index (χ1v) is 32.3. The molecule has 5 unspecified atom stereocenters. The Labute approximate surface area is 550 Å². The highest BCUT2D eigenvalue weighted by molar-refractivity contribution is 6.33. The molecule has 4 aromatic rings. The minimum Gasteiger partial charge on any atom is -0.511 e. The summed E-state index contributed by atoms with van der Waals surface area (Å²) >= 11 is 0. The van der Waals surface area contributed by atoms with Crippen LogP contribution < -0.4 is 16.2 Å². The number of methoxy groups -OCH3 is 2. The Balaban J connectivity index is 1.23. The van der Waals surface area contributed by atoms with Gasteiger partial charge in [-0.05, 0) is 105 Å². The van der Waals surface area contributed by atoms with Crippen LogP contribution in [0.2, 0.25) is 0 Å². The van der Waals surface area contributed by atoms with E-state index in [1.54, 1.807) is 72.6 Å². The third kappa shape index (κ3) is 10.4. The van der Waals surface area contributed by atoms with Crippen molar-refractivity contribution in [3.63, 3.8) is 0 Å². The van der Waals surface area contributed by atoms with Crippen LogP contribution >= 0.6 is 0 Å². The first-order valence-electron chi connectivity index (χ1n) is 32.3. The molecule has 8 aliphatic rings. The number of rotatable bonds is 15. The molecule has 4 fully saturated rings. The molecule has 4 saturated heterocycles. The second-order valence-electron chi connectivity index (χ2n) is 27.0. The van der Waals surface area contributed by atoms with E-state index in [0.29, 0.717) is 0 Å². The normalized spacial score (nSPS) is 37.1. The summed E-state index contributed by atoms with van der Waals surface area (Å²) in [6.07, 6.45) is -21.5. The van der Waals surface area contributed by atoms with Crippen LogP contribution in [0.5, 0.6) is 23.0 Å². The number of aromatic hydroxyl groups is 4. The van der Waals surface area contributed by atoms with E-state index in [9.17, 15) is 61.1 Å². The van der Waals surface area contributed by atoms with Crippen molar-refractivity contribution in [2.45, 2.75) is 202 Å². The number of fused-ring (bicyclic) bond motifs is 7. The Morgan fingerprint density at radius 2 is 1.01 bits per heavy atom. The fraction of sp³-hybridized carbons (Fsp3) is 0.588. The van der Waals surface area contributed by atoms with Gasteiger partial charge in [0.2, 0.25) is 0 Å². The summed E-state index contributed by atoms with van der Waals surface area (Å²) in [5, 5.41) is 107. The fourth-order valence-electron chi connectivity index (χ4n) is 17.0. The predicted molar refractivity (Wildman–Crippen MR) is 334 cm³/mol. The summed E-state index contributed by atoms with van der Waals surface area (Å²) in [5.41, 5.74) is 0.784. The standard InChI is InChI=1S/C68H82N4O24/c1-13-67(95-40-22-36(87-11)57(79)26(5)91-40)52(63(85)43-29(65(67)93-38-20-34(77)55(71(7)8)24(3)89-38)19-28-42(43)60(82)45-31(74)16-15-30(73)44(45)59(28)81)53-64(86)49-48-50(62(84)47-33(76)18-17-32(75)46(47)61(48)83)54(70-69)51(49)66(94-39-21-35(78)56(72(9)10)25(4)90-39)68(53,14-2)96-41-23-37(88-12)58(80)27(6)92-41/h15-19,24-27,34-41,52-53,55-58,65-66,73-74,77-80,83-85H,13-14,20-23H2,1-12H3/t24?,25-,26+,27?,34+,35?,36?,37+,38+,39+,40-,41-,52-,53-,55-,56-,57?,58-,65+,66+,67-,68-/m0/s1. The van der Waals surface area contributed by atoms with Crippen molar-refractivity contribution in [2.24, 2.45) is 11.8 Å². The van der Waals surface area contributed by atoms with Gasteiger partial charge >= 0.3 is 5.36 Å². The zero-order chi connectivity index (χ0) is 69.5. The molecule has 0 saturated carbocycles. The number of Topliss-reactive ketones (excluding diaryl/α,β-unsaturated/α-hetero) is 3. The summed E-state index contributed by atoms with van der Waals surface area (Å²) in [7, 11) is 9.65. The number of likely N-dealkylation sites (N-methyl/N-ethyl adjacent to an activating group) is 2. The number of hydrogen-bond acceptors (Lipinski definition) is 26. The van der Waals surface area contributed by atoms with Gasteiger partial charge in [-0.25, -0.2) is 0 Å². The Morgan fingerprint density at radius 1 is 0.562 bits per heavy atom. The number of aliphatic hydroxyl groups is 5. The van der Waals surface area contributed by atoms with Crippen LogP contribution in [0.25, 0.3) is 27.1 Å². The minimum absolute atomic E-state index is 0.155. The molecular formula is C68H82N4O24. The van der Waals surface area contributed by atoms with Crippen molar-refractivity contribution in [2.75, 3.05) is 42.4 Å². The molecular weight excluding hydrogens is 1260 g/mol. The van der Waals surface area contributed by atoms with Crippen molar-refractivity contribution < 1.29 is 113 Å². The molecule has 4 heterocycles. The van der Waals surface area contributed by atoms with E-state index in [4.69, 9.17) is 47.4 Å². The lowest BCUT2D eigenvalue weighted by Crippen LogP contribution is -2.68. The highest BCUT2D eigenvalue weighted by atomic mass is 16.7. The van der Waals surface area contributed by atoms with Gasteiger partial charge in [0.05, 0.1) is 100 Å². The van der Waals surface area contributed by atoms with Gasteiger partial charge in [0, 0.05) is 67.6 Å². The second kappa shape index (κ2) is 25.5. The number of phenols is 4. The van der Waals surface area contributed by atoms with E-state index in [2.05, 4.69) is 4.79 Å². The van der Waals surface area contributed by atoms with E-state index < -0.39 is 269 Å². The summed E-state index contributed by atoms with van der Waals surface area (Å²) in [4.78, 5) is 84.0. The number of benzene rings is 3. The van der Waals surface area contributed by atoms with E-state index >= 15 is 14.4 Å². The first kappa shape index (κ1) is 69.1. The van der Waals surface area contributed by atoms with Gasteiger partial charge in [0.1, 0.15) is 69.8 Å². The van der Waals surface area contributed by atoms with Gasteiger partial charge in [-0.1, -0.05) is 13.8 Å². The maximum Gasteiger partial charge on any atom is 0.333 e. The van der Waals surface area contributed by atoms with E-state index in [-0.39, 0.29) is 31.3 Å². The van der Waals surface area contributed by atoms with Gasteiger partial charge in [-0.3, -0.25) is 24.0 Å². The number of carbonyl (C=O) groups is 3. The van der Waals surface area contributed by atoms with Crippen molar-refractivity contribution in [3.05, 3.63) is 112 Å². The third-order valence-corrected chi connectivity index (χ3v) is 21.4. The van der Waals surface area contributed by atoms with Crippen molar-refractivity contribution >= 4 is 38.9 Å². The van der Waals surface area contributed by atoms with Crippen LogP contribution in [0, 0.1) is 11.8 Å². The number of aliphatic hydroxyl groups excluding tert-OH is 5. The molecule has 28 heteroatoms.